The highest BCUT2D eigenvalue weighted by atomic mass is 127. The molecule has 1 aliphatic heterocycles. The van der Waals surface area contributed by atoms with Gasteiger partial charge < -0.3 is 15.0 Å². The summed E-state index contributed by atoms with van der Waals surface area (Å²) in [6.07, 6.45) is 9.12. The molecule has 0 spiro atoms. The van der Waals surface area contributed by atoms with E-state index >= 15 is 0 Å². The fourth-order valence-electron chi connectivity index (χ4n) is 3.32. The Morgan fingerprint density at radius 3 is 2.92 bits per heavy atom. The van der Waals surface area contributed by atoms with Crippen molar-refractivity contribution in [2.24, 2.45) is 10.9 Å². The van der Waals surface area contributed by atoms with Crippen molar-refractivity contribution >= 4 is 35.9 Å². The number of esters is 1. The third kappa shape index (κ3) is 6.61. The van der Waals surface area contributed by atoms with Crippen LogP contribution in [-0.2, 0) is 9.53 Å². The second-order valence-corrected chi connectivity index (χ2v) is 6.28. The molecular formula is C18H32IN3O2. The number of hydrogen-bond acceptors (Lipinski definition) is 3. The minimum atomic E-state index is -0.0656. The summed E-state index contributed by atoms with van der Waals surface area (Å²) in [5.74, 6) is 0.856. The minimum Gasteiger partial charge on any atom is -0.466 e. The molecule has 0 aromatic carbocycles. The first-order chi connectivity index (χ1) is 11.2. The van der Waals surface area contributed by atoms with Crippen molar-refractivity contribution < 1.29 is 9.53 Å². The number of piperidine rings is 1. The monoisotopic (exact) mass is 449 g/mol. The molecule has 0 saturated carbocycles. The number of likely N-dealkylation sites (tertiary alicyclic amines) is 1. The van der Waals surface area contributed by atoms with E-state index in [0.717, 1.165) is 44.9 Å². The van der Waals surface area contributed by atoms with Gasteiger partial charge in [0.25, 0.3) is 0 Å². The molecule has 1 aliphatic carbocycles. The highest BCUT2D eigenvalue weighted by Gasteiger charge is 2.28. The van der Waals surface area contributed by atoms with Gasteiger partial charge in [-0.1, -0.05) is 11.6 Å². The number of guanidine groups is 1. The zero-order valence-electron chi connectivity index (χ0n) is 15.1. The Bertz CT molecular complexity index is 452. The van der Waals surface area contributed by atoms with Gasteiger partial charge in [0.2, 0.25) is 0 Å². The fourth-order valence-corrected chi connectivity index (χ4v) is 3.32. The van der Waals surface area contributed by atoms with Crippen LogP contribution in [0.2, 0.25) is 0 Å². The molecule has 6 heteroatoms. The highest BCUT2D eigenvalue weighted by molar-refractivity contribution is 14.0. The van der Waals surface area contributed by atoms with Crippen molar-refractivity contribution in [3.8, 4) is 0 Å². The molecule has 5 nitrogen and oxygen atoms in total. The summed E-state index contributed by atoms with van der Waals surface area (Å²) in [5.41, 5.74) is 1.55. The van der Waals surface area contributed by atoms with E-state index in [-0.39, 0.29) is 35.9 Å². The summed E-state index contributed by atoms with van der Waals surface area (Å²) in [7, 11) is 0. The van der Waals surface area contributed by atoms with E-state index in [1.54, 1.807) is 5.57 Å². The molecule has 1 fully saturated rings. The molecule has 2 rings (SSSR count). The highest BCUT2D eigenvalue weighted by Crippen LogP contribution is 2.21. The zero-order valence-corrected chi connectivity index (χ0v) is 17.4. The summed E-state index contributed by atoms with van der Waals surface area (Å²) in [6.45, 7) is 7.76. The van der Waals surface area contributed by atoms with E-state index < -0.39 is 0 Å². The van der Waals surface area contributed by atoms with Crippen LogP contribution in [-0.4, -0.2) is 49.6 Å². The van der Waals surface area contributed by atoms with Crippen LogP contribution in [0, 0.1) is 5.92 Å². The van der Waals surface area contributed by atoms with Gasteiger partial charge in [-0.25, -0.2) is 0 Å². The predicted molar refractivity (Wildman–Crippen MR) is 109 cm³/mol. The van der Waals surface area contributed by atoms with E-state index in [1.807, 2.05) is 6.92 Å². The number of nitrogens with one attached hydrogen (secondary N) is 1. The molecule has 0 aromatic heterocycles. The number of nitrogens with zero attached hydrogens (tertiary/aromatic N) is 2. The van der Waals surface area contributed by atoms with Crippen LogP contribution in [0.4, 0.5) is 0 Å². The van der Waals surface area contributed by atoms with Crippen LogP contribution in [0.3, 0.4) is 0 Å². The SMILES string of the molecule is CCNC(=NCCC1=CCCC1)N1CCC[C@@H](C(=O)OCC)C1.I. The third-order valence-electron chi connectivity index (χ3n) is 4.51. The zero-order chi connectivity index (χ0) is 16.5. The molecule has 1 atom stereocenters. The van der Waals surface area contributed by atoms with Crippen LogP contribution >= 0.6 is 24.0 Å². The van der Waals surface area contributed by atoms with E-state index in [1.165, 1.54) is 19.3 Å². The first kappa shape index (κ1) is 21.3. The number of ether oxygens (including phenoxy) is 1. The molecule has 0 bridgehead atoms. The van der Waals surface area contributed by atoms with Gasteiger partial charge >= 0.3 is 5.97 Å². The maximum absolute atomic E-state index is 12.0. The second kappa shape index (κ2) is 11.7. The molecule has 1 saturated heterocycles. The lowest BCUT2D eigenvalue weighted by Crippen LogP contribution is -2.48. The van der Waals surface area contributed by atoms with Crippen LogP contribution in [0.15, 0.2) is 16.6 Å². The standard InChI is InChI=1S/C18H31N3O2.HI/c1-3-19-18(20-12-11-15-8-5-6-9-15)21-13-7-10-16(14-21)17(22)23-4-2;/h8,16H,3-7,9-14H2,1-2H3,(H,19,20);1H/t16-;/m1./s1. The summed E-state index contributed by atoms with van der Waals surface area (Å²) in [5, 5.41) is 3.37. The van der Waals surface area contributed by atoms with Gasteiger partial charge in [-0.15, -0.1) is 24.0 Å². The van der Waals surface area contributed by atoms with Gasteiger partial charge in [-0.3, -0.25) is 9.79 Å². The Morgan fingerprint density at radius 1 is 1.42 bits per heavy atom. The summed E-state index contributed by atoms with van der Waals surface area (Å²) < 4.78 is 5.18. The Labute approximate surface area is 163 Å². The topological polar surface area (TPSA) is 53.9 Å². The van der Waals surface area contributed by atoms with Gasteiger partial charge in [-0.05, 0) is 52.4 Å². The Morgan fingerprint density at radius 2 is 2.25 bits per heavy atom. The van der Waals surface area contributed by atoms with Crippen molar-refractivity contribution in [2.45, 2.75) is 52.4 Å². The molecule has 1 heterocycles. The minimum absolute atomic E-state index is 0. The molecule has 0 amide bonds. The molecule has 24 heavy (non-hydrogen) atoms. The maximum Gasteiger partial charge on any atom is 0.310 e. The summed E-state index contributed by atoms with van der Waals surface area (Å²) >= 11 is 0. The number of hydrogen-bond donors (Lipinski definition) is 1. The quantitative estimate of drug-likeness (QED) is 0.222. The molecule has 0 unspecified atom stereocenters. The number of aliphatic imine (C=N–C) groups is 1. The van der Waals surface area contributed by atoms with Crippen molar-refractivity contribution in [3.63, 3.8) is 0 Å². The Kier molecular flexibility index (Phi) is 10.4. The normalized spacial score (nSPS) is 21.1. The smallest absolute Gasteiger partial charge is 0.310 e. The lowest BCUT2D eigenvalue weighted by atomic mass is 9.98. The van der Waals surface area contributed by atoms with Crippen molar-refractivity contribution in [2.75, 3.05) is 32.8 Å². The van der Waals surface area contributed by atoms with Gasteiger partial charge in [0.1, 0.15) is 0 Å². The summed E-state index contributed by atoms with van der Waals surface area (Å²) in [4.78, 5) is 19.0. The fraction of sp³-hybridized carbons (Fsp3) is 0.778. The van der Waals surface area contributed by atoms with Crippen LogP contribution in [0.25, 0.3) is 0 Å². The van der Waals surface area contributed by atoms with Crippen molar-refractivity contribution in [1.29, 1.82) is 0 Å². The van der Waals surface area contributed by atoms with E-state index in [9.17, 15) is 4.79 Å². The summed E-state index contributed by atoms with van der Waals surface area (Å²) in [6, 6.07) is 0. The van der Waals surface area contributed by atoms with Gasteiger partial charge in [-0.2, -0.15) is 0 Å². The lowest BCUT2D eigenvalue weighted by Gasteiger charge is -2.34. The van der Waals surface area contributed by atoms with E-state index in [4.69, 9.17) is 9.73 Å². The number of rotatable bonds is 6. The van der Waals surface area contributed by atoms with Crippen LogP contribution < -0.4 is 5.32 Å². The number of halogens is 1. The largest absolute Gasteiger partial charge is 0.466 e. The van der Waals surface area contributed by atoms with Crippen molar-refractivity contribution in [1.82, 2.24) is 10.2 Å². The maximum atomic E-state index is 12.0. The van der Waals surface area contributed by atoms with Gasteiger partial charge in [0.05, 0.1) is 12.5 Å². The molecular weight excluding hydrogens is 417 g/mol. The second-order valence-electron chi connectivity index (χ2n) is 6.28. The number of carbonyl (C=O) groups is 1. The third-order valence-corrected chi connectivity index (χ3v) is 4.51. The predicted octanol–water partition coefficient (Wildman–Crippen LogP) is 3.35. The first-order valence-electron chi connectivity index (χ1n) is 9.12. The first-order valence-corrected chi connectivity index (χ1v) is 9.12. The number of carbonyl (C=O) groups excluding carboxylic acids is 1. The lowest BCUT2D eigenvalue weighted by molar-refractivity contribution is -0.149. The van der Waals surface area contributed by atoms with Crippen LogP contribution in [0.1, 0.15) is 52.4 Å². The van der Waals surface area contributed by atoms with Crippen molar-refractivity contribution in [3.05, 3.63) is 11.6 Å². The molecule has 2 aliphatic rings. The average Bonchev–Trinajstić information content (AvgIpc) is 3.08. The van der Waals surface area contributed by atoms with Gasteiger partial charge in [0.15, 0.2) is 5.96 Å². The molecule has 138 valence electrons. The average molecular weight is 449 g/mol. The molecule has 0 aromatic rings. The Hall–Kier alpha value is -0.790. The van der Waals surface area contributed by atoms with E-state index in [2.05, 4.69) is 23.2 Å². The molecule has 1 N–H and O–H groups in total. The Balaban J connectivity index is 0.00000288. The van der Waals surface area contributed by atoms with Gasteiger partial charge in [0, 0.05) is 26.2 Å². The molecule has 0 radical (unpaired) electrons. The number of allylic oxidation sites excluding steroid dienone is 1. The van der Waals surface area contributed by atoms with Crippen LogP contribution in [0.5, 0.6) is 0 Å². The van der Waals surface area contributed by atoms with E-state index in [0.29, 0.717) is 13.2 Å².